The fraction of sp³-hybridized carbons (Fsp3) is 0.300. The van der Waals surface area contributed by atoms with Gasteiger partial charge in [0.2, 0.25) is 15.9 Å². The van der Waals surface area contributed by atoms with E-state index in [2.05, 4.69) is 15.0 Å². The van der Waals surface area contributed by atoms with Crippen LogP contribution in [-0.2, 0) is 21.6 Å². The molecule has 19 heavy (non-hydrogen) atoms. The number of aromatic hydroxyl groups is 1. The Bertz CT molecular complexity index is 665. The van der Waals surface area contributed by atoms with Gasteiger partial charge in [-0.25, -0.2) is 8.42 Å². The third-order valence-electron chi connectivity index (χ3n) is 2.15. The summed E-state index contributed by atoms with van der Waals surface area (Å²) in [5, 5.41) is 9.29. The lowest BCUT2D eigenvalue weighted by Gasteiger charge is -1.98. The molecule has 0 unspecified atom stereocenters. The highest BCUT2D eigenvalue weighted by Gasteiger charge is 2.15. The molecule has 0 saturated heterocycles. The van der Waals surface area contributed by atoms with Crippen molar-refractivity contribution in [2.45, 2.75) is 4.34 Å². The van der Waals surface area contributed by atoms with Gasteiger partial charge in [0, 0.05) is 12.1 Å². The van der Waals surface area contributed by atoms with Crippen molar-refractivity contribution in [1.29, 1.82) is 0 Å². The van der Waals surface area contributed by atoms with Gasteiger partial charge < -0.3 is 9.66 Å². The molecule has 2 aromatic rings. The summed E-state index contributed by atoms with van der Waals surface area (Å²) in [5.41, 5.74) is 1.17. The summed E-state index contributed by atoms with van der Waals surface area (Å²) in [5.74, 6) is 0.335. The first-order valence-corrected chi connectivity index (χ1v) is 8.33. The number of thiazole rings is 1. The van der Waals surface area contributed by atoms with E-state index < -0.39 is 10.4 Å². The number of aromatic nitrogens is 1. The highest BCUT2D eigenvalue weighted by atomic mass is 32.3. The molecule has 1 N–H and O–H groups in total. The molecular formula is C10H13NO5S3. The fourth-order valence-corrected chi connectivity index (χ4v) is 3.19. The second kappa shape index (κ2) is 6.53. The third-order valence-corrected chi connectivity index (χ3v) is 4.93. The number of benzene rings is 1. The zero-order chi connectivity index (χ0) is 14.6. The topological polar surface area (TPSA) is 90.5 Å². The number of phenolic OH excluding ortho intramolecular Hbond substituents is 1. The molecule has 0 spiro atoms. The number of phenols is 1. The van der Waals surface area contributed by atoms with Crippen LogP contribution in [0.15, 0.2) is 22.5 Å². The zero-order valence-corrected chi connectivity index (χ0v) is 12.9. The molecule has 0 aliphatic rings. The van der Waals surface area contributed by atoms with Crippen LogP contribution in [0.5, 0.6) is 5.75 Å². The second-order valence-electron chi connectivity index (χ2n) is 3.36. The molecule has 0 fully saturated rings. The summed E-state index contributed by atoms with van der Waals surface area (Å²) in [6.07, 6.45) is 2.06. The Balaban J connectivity index is 0.000000258. The van der Waals surface area contributed by atoms with E-state index >= 15 is 0 Å². The first-order valence-electron chi connectivity index (χ1n) is 4.95. The van der Waals surface area contributed by atoms with E-state index in [1.807, 2.05) is 13.1 Å². The SMILES string of the molecule is COS(=O)(=O)[O-].CSc1sc2cc(O)ccc2[n+]1C. The maximum absolute atomic E-state index is 9.29. The van der Waals surface area contributed by atoms with Crippen molar-refractivity contribution in [2.75, 3.05) is 13.4 Å². The Labute approximate surface area is 119 Å². The molecule has 6 nitrogen and oxygen atoms in total. The van der Waals surface area contributed by atoms with Gasteiger partial charge in [0.1, 0.15) is 17.5 Å². The van der Waals surface area contributed by atoms with Gasteiger partial charge in [0.05, 0.1) is 7.11 Å². The van der Waals surface area contributed by atoms with Crippen LogP contribution in [-0.4, -0.2) is 31.4 Å². The molecule has 1 aromatic heterocycles. The summed E-state index contributed by atoms with van der Waals surface area (Å²) < 4.78 is 35.5. The van der Waals surface area contributed by atoms with Crippen molar-refractivity contribution in [2.24, 2.45) is 7.05 Å². The van der Waals surface area contributed by atoms with Crippen molar-refractivity contribution >= 4 is 43.7 Å². The van der Waals surface area contributed by atoms with Crippen LogP contribution in [0.25, 0.3) is 10.2 Å². The van der Waals surface area contributed by atoms with Crippen LogP contribution >= 0.6 is 23.1 Å². The van der Waals surface area contributed by atoms with Crippen LogP contribution in [0.1, 0.15) is 0 Å². The maximum Gasteiger partial charge on any atom is 0.297 e. The quantitative estimate of drug-likeness (QED) is 0.387. The fourth-order valence-electron chi connectivity index (χ4n) is 1.30. The molecule has 0 bridgehead atoms. The van der Waals surface area contributed by atoms with Crippen molar-refractivity contribution in [1.82, 2.24) is 0 Å². The number of rotatable bonds is 2. The Kier molecular flexibility index (Phi) is 5.56. The van der Waals surface area contributed by atoms with E-state index in [4.69, 9.17) is 0 Å². The van der Waals surface area contributed by atoms with Crippen LogP contribution < -0.4 is 4.57 Å². The molecule has 0 saturated carbocycles. The van der Waals surface area contributed by atoms with Gasteiger partial charge in [-0.2, -0.15) is 4.57 Å². The molecule has 0 aliphatic carbocycles. The van der Waals surface area contributed by atoms with Gasteiger partial charge in [-0.1, -0.05) is 11.3 Å². The summed E-state index contributed by atoms with van der Waals surface area (Å²) >= 11 is 3.43. The lowest BCUT2D eigenvalue weighted by molar-refractivity contribution is -0.676. The van der Waals surface area contributed by atoms with Gasteiger partial charge in [-0.05, 0) is 24.1 Å². The molecule has 106 valence electrons. The molecule has 0 atom stereocenters. The zero-order valence-electron chi connectivity index (χ0n) is 10.5. The smallest absolute Gasteiger partial charge is 0.297 e. The first kappa shape index (κ1) is 16.2. The number of aryl methyl sites for hydroxylation is 1. The summed E-state index contributed by atoms with van der Waals surface area (Å²) in [7, 11) is -1.56. The predicted octanol–water partition coefficient (Wildman–Crippen LogP) is 1.25. The standard InChI is InChI=1S/C9H9NOS2.CH4O4S/c1-10-7-4-3-6(11)5-8(7)13-9(10)12-2;1-5-6(2,3)4/h3-5H,1-2H3;1H3,(H,2,3,4). The van der Waals surface area contributed by atoms with E-state index in [1.165, 1.54) is 9.86 Å². The Hall–Kier alpha value is -0.870. The Morgan fingerprint density at radius 1 is 1.47 bits per heavy atom. The van der Waals surface area contributed by atoms with E-state index in [-0.39, 0.29) is 0 Å². The number of hydrogen-bond donors (Lipinski definition) is 1. The maximum atomic E-state index is 9.29. The van der Waals surface area contributed by atoms with Crippen molar-refractivity contribution in [3.05, 3.63) is 18.2 Å². The van der Waals surface area contributed by atoms with Gasteiger partial charge in [0.15, 0.2) is 0 Å². The van der Waals surface area contributed by atoms with Crippen LogP contribution in [0.2, 0.25) is 0 Å². The monoisotopic (exact) mass is 323 g/mol. The average Bonchev–Trinajstić information content (AvgIpc) is 2.65. The molecular weight excluding hydrogens is 310 g/mol. The van der Waals surface area contributed by atoms with E-state index in [9.17, 15) is 18.1 Å². The minimum atomic E-state index is -4.41. The van der Waals surface area contributed by atoms with Gasteiger partial charge in [-0.3, -0.25) is 4.18 Å². The summed E-state index contributed by atoms with van der Waals surface area (Å²) in [6, 6.07) is 5.47. The van der Waals surface area contributed by atoms with E-state index in [1.54, 1.807) is 35.2 Å². The minimum absolute atomic E-state index is 0.335. The predicted molar refractivity (Wildman–Crippen MR) is 73.2 cm³/mol. The number of fused-ring (bicyclic) bond motifs is 1. The molecule has 0 aliphatic heterocycles. The molecule has 1 heterocycles. The number of thioether (sulfide) groups is 1. The Morgan fingerprint density at radius 3 is 2.53 bits per heavy atom. The first-order chi connectivity index (χ1) is 8.78. The van der Waals surface area contributed by atoms with E-state index in [0.717, 1.165) is 11.8 Å². The van der Waals surface area contributed by atoms with E-state index in [0.29, 0.717) is 5.75 Å². The molecule has 0 radical (unpaired) electrons. The third kappa shape index (κ3) is 4.62. The summed E-state index contributed by atoms with van der Waals surface area (Å²) in [4.78, 5) is 0. The van der Waals surface area contributed by atoms with Crippen LogP contribution in [0, 0.1) is 0 Å². The highest BCUT2D eigenvalue weighted by Crippen LogP contribution is 2.28. The van der Waals surface area contributed by atoms with Gasteiger partial charge >= 0.3 is 0 Å². The van der Waals surface area contributed by atoms with Crippen LogP contribution in [0.4, 0.5) is 0 Å². The molecule has 1 aromatic carbocycles. The van der Waals surface area contributed by atoms with Crippen LogP contribution in [0.3, 0.4) is 0 Å². The number of hydrogen-bond acceptors (Lipinski definition) is 7. The van der Waals surface area contributed by atoms with Gasteiger partial charge in [-0.15, -0.1) is 0 Å². The second-order valence-corrected chi connectivity index (χ2v) is 6.59. The van der Waals surface area contributed by atoms with Crippen molar-refractivity contribution in [3.63, 3.8) is 0 Å². The molecule has 9 heteroatoms. The minimum Gasteiger partial charge on any atom is -0.726 e. The molecule has 0 amide bonds. The summed E-state index contributed by atoms with van der Waals surface area (Å²) in [6.45, 7) is 0. The molecule has 2 rings (SSSR count). The lowest BCUT2D eigenvalue weighted by Crippen LogP contribution is -2.27. The largest absolute Gasteiger partial charge is 0.726 e. The number of nitrogens with zero attached hydrogens (tertiary/aromatic N) is 1. The normalized spacial score (nSPS) is 11.2. The van der Waals surface area contributed by atoms with Crippen molar-refractivity contribution in [3.8, 4) is 5.75 Å². The lowest BCUT2D eigenvalue weighted by atomic mass is 10.3. The average molecular weight is 323 g/mol. The van der Waals surface area contributed by atoms with Gasteiger partial charge in [0.25, 0.3) is 4.34 Å². The highest BCUT2D eigenvalue weighted by molar-refractivity contribution is 8.00. The Morgan fingerprint density at radius 2 is 2.05 bits per heavy atom. The van der Waals surface area contributed by atoms with Crippen molar-refractivity contribution < 1.29 is 26.8 Å².